The SMILES string of the molecule is C=C1/C(=C\C=C2/CCC[C@@]3(C)C2CCC3[C@@H](CCCC(C)(C)O)CCC(O)C(C)(C)O)C[C@@H](O)C[C@@H]1O. The van der Waals surface area contributed by atoms with Crippen LogP contribution in [-0.2, 0) is 0 Å². The number of rotatable bonds is 10. The van der Waals surface area contributed by atoms with Gasteiger partial charge in [-0.3, -0.25) is 0 Å². The lowest BCUT2D eigenvalue weighted by Gasteiger charge is -2.45. The predicted octanol–water partition coefficient (Wildman–Crippen LogP) is 5.60. The van der Waals surface area contributed by atoms with Crippen molar-refractivity contribution in [3.05, 3.63) is 35.5 Å². The van der Waals surface area contributed by atoms with Crippen LogP contribution in [0.15, 0.2) is 35.5 Å². The van der Waals surface area contributed by atoms with Gasteiger partial charge in [0.05, 0.1) is 29.5 Å². The van der Waals surface area contributed by atoms with E-state index in [1.807, 2.05) is 13.8 Å². The van der Waals surface area contributed by atoms with Gasteiger partial charge in [-0.05, 0) is 120 Å². The zero-order valence-electron chi connectivity index (χ0n) is 24.0. The van der Waals surface area contributed by atoms with Crippen LogP contribution in [0.25, 0.3) is 0 Å². The number of aliphatic hydroxyl groups excluding tert-OH is 3. The van der Waals surface area contributed by atoms with Crippen LogP contribution in [0.3, 0.4) is 0 Å². The van der Waals surface area contributed by atoms with Gasteiger partial charge in [-0.1, -0.05) is 44.1 Å². The lowest BCUT2D eigenvalue weighted by Crippen LogP contribution is -2.39. The molecule has 3 aliphatic carbocycles. The molecule has 0 aromatic carbocycles. The van der Waals surface area contributed by atoms with Gasteiger partial charge in [-0.2, -0.15) is 0 Å². The summed E-state index contributed by atoms with van der Waals surface area (Å²) in [4.78, 5) is 0. The van der Waals surface area contributed by atoms with E-state index >= 15 is 0 Å². The normalized spacial score (nSPS) is 35.1. The highest BCUT2D eigenvalue weighted by Crippen LogP contribution is 2.60. The molecule has 212 valence electrons. The Morgan fingerprint density at radius 2 is 1.76 bits per heavy atom. The van der Waals surface area contributed by atoms with Crippen molar-refractivity contribution < 1.29 is 25.5 Å². The maximum atomic E-state index is 10.6. The number of allylic oxidation sites excluding steroid dienone is 3. The Bertz CT molecular complexity index is 844. The third kappa shape index (κ3) is 7.79. The van der Waals surface area contributed by atoms with Crippen molar-refractivity contribution in [2.24, 2.45) is 23.2 Å². The van der Waals surface area contributed by atoms with Gasteiger partial charge in [0.15, 0.2) is 0 Å². The van der Waals surface area contributed by atoms with E-state index in [9.17, 15) is 25.5 Å². The molecule has 0 aromatic heterocycles. The maximum absolute atomic E-state index is 10.6. The summed E-state index contributed by atoms with van der Waals surface area (Å²) in [6.45, 7) is 13.7. The largest absolute Gasteiger partial charge is 0.393 e. The molecule has 3 saturated carbocycles. The number of hydrogen-bond acceptors (Lipinski definition) is 5. The average molecular weight is 519 g/mol. The highest BCUT2D eigenvalue weighted by molar-refractivity contribution is 5.38. The summed E-state index contributed by atoms with van der Waals surface area (Å²) >= 11 is 0. The molecular formula is C32H54O5. The van der Waals surface area contributed by atoms with Crippen LogP contribution in [0.1, 0.15) is 112 Å². The molecule has 5 nitrogen and oxygen atoms in total. The lowest BCUT2D eigenvalue weighted by molar-refractivity contribution is -0.0563. The highest BCUT2D eigenvalue weighted by Gasteiger charge is 2.51. The van der Waals surface area contributed by atoms with E-state index in [1.165, 1.54) is 24.8 Å². The van der Waals surface area contributed by atoms with Crippen molar-refractivity contribution in [3.8, 4) is 0 Å². The molecule has 7 atom stereocenters. The molecule has 0 spiro atoms. The second-order valence-electron chi connectivity index (χ2n) is 13.9. The van der Waals surface area contributed by atoms with Crippen LogP contribution >= 0.6 is 0 Å². The molecule has 0 bridgehead atoms. The van der Waals surface area contributed by atoms with Gasteiger partial charge in [0.1, 0.15) is 0 Å². The monoisotopic (exact) mass is 518 g/mol. The summed E-state index contributed by atoms with van der Waals surface area (Å²) in [5.74, 6) is 1.53. The van der Waals surface area contributed by atoms with Crippen molar-refractivity contribution in [2.75, 3.05) is 0 Å². The minimum absolute atomic E-state index is 0.199. The van der Waals surface area contributed by atoms with Gasteiger partial charge in [-0.25, -0.2) is 0 Å². The Hall–Kier alpha value is -0.980. The second-order valence-corrected chi connectivity index (χ2v) is 13.9. The summed E-state index contributed by atoms with van der Waals surface area (Å²) in [6.07, 6.45) is 13.4. The molecule has 0 aliphatic heterocycles. The molecular weight excluding hydrogens is 464 g/mol. The quantitative estimate of drug-likeness (QED) is 0.259. The van der Waals surface area contributed by atoms with Gasteiger partial charge in [0, 0.05) is 6.42 Å². The molecule has 0 heterocycles. The van der Waals surface area contributed by atoms with Gasteiger partial charge in [-0.15, -0.1) is 0 Å². The fraction of sp³-hybridized carbons (Fsp3) is 0.812. The van der Waals surface area contributed by atoms with Crippen molar-refractivity contribution in [3.63, 3.8) is 0 Å². The Balaban J connectivity index is 1.79. The molecule has 0 amide bonds. The molecule has 3 rings (SSSR count). The smallest absolute Gasteiger partial charge is 0.0849 e. The molecule has 3 unspecified atom stereocenters. The van der Waals surface area contributed by atoms with Crippen LogP contribution in [0.4, 0.5) is 0 Å². The predicted molar refractivity (Wildman–Crippen MR) is 150 cm³/mol. The molecule has 5 N–H and O–H groups in total. The van der Waals surface area contributed by atoms with Crippen molar-refractivity contribution in [2.45, 2.75) is 141 Å². The number of aliphatic hydroxyl groups is 5. The van der Waals surface area contributed by atoms with Crippen molar-refractivity contribution >= 4 is 0 Å². The Labute approximate surface area is 225 Å². The number of hydrogen-bond donors (Lipinski definition) is 5. The summed E-state index contributed by atoms with van der Waals surface area (Å²) < 4.78 is 0. The molecule has 5 heteroatoms. The molecule has 37 heavy (non-hydrogen) atoms. The molecule has 3 aliphatic rings. The highest BCUT2D eigenvalue weighted by atomic mass is 16.3. The van der Waals surface area contributed by atoms with Crippen LogP contribution in [0.5, 0.6) is 0 Å². The summed E-state index contributed by atoms with van der Waals surface area (Å²) in [6, 6.07) is 0. The minimum atomic E-state index is -1.10. The Morgan fingerprint density at radius 3 is 2.41 bits per heavy atom. The maximum Gasteiger partial charge on any atom is 0.0849 e. The Kier molecular flexibility index (Phi) is 9.94. The fourth-order valence-corrected chi connectivity index (χ4v) is 7.59. The number of fused-ring (bicyclic) bond motifs is 1. The fourth-order valence-electron chi connectivity index (χ4n) is 7.59. The molecule has 0 aromatic rings. The van der Waals surface area contributed by atoms with Gasteiger partial charge in [0.25, 0.3) is 0 Å². The zero-order chi connectivity index (χ0) is 27.6. The van der Waals surface area contributed by atoms with Gasteiger partial charge < -0.3 is 25.5 Å². The minimum Gasteiger partial charge on any atom is -0.393 e. The lowest BCUT2D eigenvalue weighted by atomic mass is 9.60. The average Bonchev–Trinajstić information content (AvgIpc) is 3.13. The molecule has 0 radical (unpaired) electrons. The van der Waals surface area contributed by atoms with Gasteiger partial charge in [0.2, 0.25) is 0 Å². The zero-order valence-corrected chi connectivity index (χ0v) is 24.0. The molecule has 3 fully saturated rings. The van der Waals surface area contributed by atoms with E-state index in [1.54, 1.807) is 13.8 Å². The third-order valence-electron chi connectivity index (χ3n) is 9.86. The van der Waals surface area contributed by atoms with Gasteiger partial charge >= 0.3 is 0 Å². The van der Waals surface area contributed by atoms with E-state index in [4.69, 9.17) is 0 Å². The van der Waals surface area contributed by atoms with Crippen molar-refractivity contribution in [1.82, 2.24) is 0 Å². The summed E-state index contributed by atoms with van der Waals surface area (Å²) in [5.41, 5.74) is 1.62. The van der Waals surface area contributed by atoms with Crippen LogP contribution in [0, 0.1) is 23.2 Å². The van der Waals surface area contributed by atoms with E-state index < -0.39 is 29.5 Å². The summed E-state index contributed by atoms with van der Waals surface area (Å²) in [5, 5.41) is 51.5. The first-order valence-electron chi connectivity index (χ1n) is 14.7. The first-order valence-corrected chi connectivity index (χ1v) is 14.7. The molecule has 0 saturated heterocycles. The second kappa shape index (κ2) is 12.0. The first-order chi connectivity index (χ1) is 17.1. The van der Waals surface area contributed by atoms with Crippen molar-refractivity contribution in [1.29, 1.82) is 0 Å². The van der Waals surface area contributed by atoms with E-state index in [0.717, 1.165) is 49.7 Å². The van der Waals surface area contributed by atoms with E-state index in [2.05, 4.69) is 25.7 Å². The standard InChI is InChI=1S/C32H54O5/c1-21-24(19-25(33)20-28(21)34)12-11-22-10-8-18-32(6)26(22)14-15-27(32)23(9-7-17-30(2,3)36)13-16-29(35)31(4,5)37/h11-12,23,25-29,33-37H,1,7-10,13-20H2,2-6H3/b22-11+,24-12-/t23-,25+,26?,27?,28-,29?,32-/m0/s1. The Morgan fingerprint density at radius 1 is 1.05 bits per heavy atom. The van der Waals surface area contributed by atoms with Crippen LogP contribution in [-0.4, -0.2) is 55.0 Å². The van der Waals surface area contributed by atoms with E-state index in [-0.39, 0.29) is 5.41 Å². The van der Waals surface area contributed by atoms with Crippen LogP contribution < -0.4 is 0 Å². The first kappa shape index (κ1) is 30.6. The third-order valence-corrected chi connectivity index (χ3v) is 9.86. The topological polar surface area (TPSA) is 101 Å². The van der Waals surface area contributed by atoms with Crippen LogP contribution in [0.2, 0.25) is 0 Å². The van der Waals surface area contributed by atoms with E-state index in [0.29, 0.717) is 37.0 Å². The summed E-state index contributed by atoms with van der Waals surface area (Å²) in [7, 11) is 0.